The molecule has 16 nitrogen and oxygen atoms in total. The lowest BCUT2D eigenvalue weighted by Crippen LogP contribution is -2.33. The summed E-state index contributed by atoms with van der Waals surface area (Å²) in [5.41, 5.74) is 4.65. The number of para-hydroxylation sites is 1. The number of benzene rings is 2. The van der Waals surface area contributed by atoms with Gasteiger partial charge in [0.15, 0.2) is 0 Å². The molecule has 0 saturated carbocycles. The highest BCUT2D eigenvalue weighted by Gasteiger charge is 2.41. The minimum Gasteiger partial charge on any atom is -0.466 e. The van der Waals surface area contributed by atoms with Gasteiger partial charge in [0.25, 0.3) is 5.69 Å². The summed E-state index contributed by atoms with van der Waals surface area (Å²) in [6, 6.07) is 11.3. The molecular weight excluding hydrogens is 678 g/mol. The van der Waals surface area contributed by atoms with Crippen LogP contribution >= 0.6 is 0 Å². The lowest BCUT2D eigenvalue weighted by Gasteiger charge is -2.30. The number of methoxy groups -OCH3 is 3. The molecule has 16 heteroatoms. The summed E-state index contributed by atoms with van der Waals surface area (Å²) in [5.74, 6) is -4.10. The van der Waals surface area contributed by atoms with Crippen molar-refractivity contribution in [2.24, 2.45) is 0 Å². The Hall–Kier alpha value is -6.32. The highest BCUT2D eigenvalue weighted by Crippen LogP contribution is 2.43. The molecule has 0 radical (unpaired) electrons. The topological polar surface area (TPSA) is 211 Å². The second kappa shape index (κ2) is 16.1. The maximum atomic E-state index is 12.9. The molecule has 2 aromatic carbocycles. The van der Waals surface area contributed by atoms with Crippen LogP contribution in [0.2, 0.25) is 0 Å². The third-order valence-electron chi connectivity index (χ3n) is 8.37. The molecule has 0 spiro atoms. The first-order valence-corrected chi connectivity index (χ1v) is 16.0. The Balaban J connectivity index is 0.000000234. The van der Waals surface area contributed by atoms with Crippen LogP contribution in [0, 0.1) is 10.1 Å². The highest BCUT2D eigenvalue weighted by atomic mass is 16.6. The fourth-order valence-corrected chi connectivity index (χ4v) is 6.26. The quantitative estimate of drug-likeness (QED) is 0.139. The van der Waals surface area contributed by atoms with Crippen molar-refractivity contribution in [2.45, 2.75) is 59.5 Å². The van der Waals surface area contributed by atoms with Crippen LogP contribution in [-0.4, -0.2) is 66.5 Å². The Morgan fingerprint density at radius 1 is 0.692 bits per heavy atom. The number of aromatic nitrogens is 2. The van der Waals surface area contributed by atoms with E-state index in [9.17, 15) is 29.3 Å². The van der Waals surface area contributed by atoms with Crippen molar-refractivity contribution >= 4 is 40.6 Å². The minimum absolute atomic E-state index is 0.128. The summed E-state index contributed by atoms with van der Waals surface area (Å²) < 4.78 is 24.9. The van der Waals surface area contributed by atoms with Gasteiger partial charge in [-0.2, -0.15) is 0 Å². The van der Waals surface area contributed by atoms with Crippen molar-refractivity contribution in [3.05, 3.63) is 109 Å². The third-order valence-corrected chi connectivity index (χ3v) is 8.37. The van der Waals surface area contributed by atoms with Crippen LogP contribution in [0.4, 0.5) is 5.69 Å². The van der Waals surface area contributed by atoms with Gasteiger partial charge in [-0.3, -0.25) is 10.1 Å². The Morgan fingerprint density at radius 3 is 1.60 bits per heavy atom. The van der Waals surface area contributed by atoms with Crippen molar-refractivity contribution in [1.82, 2.24) is 20.9 Å². The van der Waals surface area contributed by atoms with E-state index in [0.29, 0.717) is 50.5 Å². The molecule has 1 unspecified atom stereocenters. The van der Waals surface area contributed by atoms with Crippen molar-refractivity contribution in [3.8, 4) is 0 Å². The van der Waals surface area contributed by atoms with E-state index in [-0.39, 0.29) is 28.5 Å². The number of ether oxygens (including phenoxy) is 4. The predicted octanol–water partition coefficient (Wildman–Crippen LogP) is 4.76. The Bertz CT molecular complexity index is 2030. The number of nitrogens with one attached hydrogen (secondary N) is 2. The predicted molar refractivity (Wildman–Crippen MR) is 185 cm³/mol. The normalized spacial score (nSPS) is 16.2. The van der Waals surface area contributed by atoms with E-state index >= 15 is 0 Å². The van der Waals surface area contributed by atoms with Crippen LogP contribution in [0.25, 0.3) is 11.0 Å². The number of carbonyl (C=O) groups excluding carboxylic acids is 4. The average molecular weight is 718 g/mol. The summed E-state index contributed by atoms with van der Waals surface area (Å²) >= 11 is 0. The molecular formula is C36H39N5O11. The number of nitrogens with zero attached hydrogens (tertiary/aromatic N) is 3. The van der Waals surface area contributed by atoms with Crippen molar-refractivity contribution in [3.63, 3.8) is 0 Å². The Labute approximate surface area is 298 Å². The highest BCUT2D eigenvalue weighted by molar-refractivity contribution is 6.02. The molecule has 274 valence electrons. The molecule has 1 aromatic heterocycles. The van der Waals surface area contributed by atoms with Gasteiger partial charge in [-0.25, -0.2) is 23.8 Å². The first kappa shape index (κ1) is 38.5. The zero-order valence-corrected chi connectivity index (χ0v) is 30.1. The minimum atomic E-state index is -0.970. The van der Waals surface area contributed by atoms with Crippen LogP contribution in [0.3, 0.4) is 0 Å². The van der Waals surface area contributed by atoms with Gasteiger partial charge in [0.2, 0.25) is 0 Å². The molecule has 5 rings (SSSR count). The van der Waals surface area contributed by atoms with Crippen LogP contribution in [0.15, 0.2) is 92.2 Å². The zero-order valence-electron chi connectivity index (χ0n) is 30.1. The van der Waals surface area contributed by atoms with Crippen LogP contribution in [0.5, 0.6) is 0 Å². The van der Waals surface area contributed by atoms with E-state index in [1.165, 1.54) is 39.5 Å². The van der Waals surface area contributed by atoms with E-state index in [2.05, 4.69) is 20.9 Å². The molecule has 52 heavy (non-hydrogen) atoms. The lowest BCUT2D eigenvalue weighted by molar-refractivity contribution is -0.385. The van der Waals surface area contributed by atoms with Gasteiger partial charge < -0.3 is 29.6 Å². The number of esters is 4. The van der Waals surface area contributed by atoms with Crippen molar-refractivity contribution in [2.75, 3.05) is 21.3 Å². The molecule has 3 heterocycles. The second-order valence-corrected chi connectivity index (χ2v) is 12.0. The number of nitro benzene ring substituents is 1. The number of hydrogen-bond donors (Lipinski definition) is 2. The maximum absolute atomic E-state index is 12.9. The van der Waals surface area contributed by atoms with Crippen LogP contribution in [-0.2, 0) is 38.1 Å². The Morgan fingerprint density at radius 2 is 1.13 bits per heavy atom. The molecule has 3 aromatic rings. The number of dihydropyridines is 2. The van der Waals surface area contributed by atoms with E-state index in [1.54, 1.807) is 65.8 Å². The molecule has 0 bridgehead atoms. The molecule has 0 aliphatic carbocycles. The van der Waals surface area contributed by atoms with Gasteiger partial charge in [0, 0.05) is 34.4 Å². The molecule has 2 aliphatic rings. The molecule has 0 amide bonds. The molecule has 2 N–H and O–H groups in total. The summed E-state index contributed by atoms with van der Waals surface area (Å²) in [5, 5.41) is 25.3. The largest absolute Gasteiger partial charge is 0.466 e. The maximum Gasteiger partial charge on any atom is 0.337 e. The van der Waals surface area contributed by atoms with Gasteiger partial charge >= 0.3 is 23.9 Å². The molecule has 2 aliphatic heterocycles. The van der Waals surface area contributed by atoms with Gasteiger partial charge in [-0.05, 0) is 63.5 Å². The monoisotopic (exact) mass is 717 g/mol. The molecule has 1 atom stereocenters. The number of allylic oxidation sites excluding steroid dienone is 4. The Kier molecular flexibility index (Phi) is 11.9. The van der Waals surface area contributed by atoms with Crippen molar-refractivity contribution in [1.29, 1.82) is 0 Å². The fraction of sp³-hybridized carbons (Fsp3) is 0.333. The number of hydrogen-bond acceptors (Lipinski definition) is 15. The van der Waals surface area contributed by atoms with Gasteiger partial charge in [-0.1, -0.05) is 30.3 Å². The first-order chi connectivity index (χ1) is 24.7. The van der Waals surface area contributed by atoms with Crippen LogP contribution in [0.1, 0.15) is 64.5 Å². The molecule has 0 fully saturated rings. The number of carbonyl (C=O) groups is 4. The zero-order chi connectivity index (χ0) is 38.4. The second-order valence-electron chi connectivity index (χ2n) is 12.0. The van der Waals surface area contributed by atoms with Gasteiger partial charge in [-0.15, -0.1) is 0 Å². The standard InChI is InChI=1S/C19H21N3O5.C17H18N2O6/c1-9(2)26-19(24)15-11(4)20-10(3)14(18(23)25-5)16(15)12-7-6-8-13-17(12)22-27-21-13;1-9-13(16(20)24-3)15(14(10(2)18-9)17(21)25-4)11-7-5-6-8-12(11)19(22)23/h6-9,16,20H,1-5H3;5-8,15,18H,1-4H3. The first-order valence-electron chi connectivity index (χ1n) is 16.0. The third kappa shape index (κ3) is 7.55. The summed E-state index contributed by atoms with van der Waals surface area (Å²) in [7, 11) is 3.72. The number of nitro groups is 1. The lowest BCUT2D eigenvalue weighted by atomic mass is 9.79. The fourth-order valence-electron chi connectivity index (χ4n) is 6.26. The van der Waals surface area contributed by atoms with Crippen LogP contribution < -0.4 is 10.6 Å². The summed E-state index contributed by atoms with van der Waals surface area (Å²) in [6.07, 6.45) is -0.309. The number of fused-ring (bicyclic) bond motifs is 1. The summed E-state index contributed by atoms with van der Waals surface area (Å²) in [6.45, 7) is 10.3. The molecule has 0 saturated heterocycles. The van der Waals surface area contributed by atoms with E-state index < -0.39 is 40.6 Å². The average Bonchev–Trinajstić information content (AvgIpc) is 3.59. The number of rotatable bonds is 8. The summed E-state index contributed by atoms with van der Waals surface area (Å²) in [4.78, 5) is 61.0. The van der Waals surface area contributed by atoms with Gasteiger partial charge in [0.1, 0.15) is 11.0 Å². The smallest absolute Gasteiger partial charge is 0.337 e. The van der Waals surface area contributed by atoms with E-state index in [0.717, 1.165) is 0 Å². The van der Waals surface area contributed by atoms with E-state index in [4.69, 9.17) is 23.6 Å². The van der Waals surface area contributed by atoms with Crippen molar-refractivity contribution < 1.29 is 47.7 Å². The van der Waals surface area contributed by atoms with E-state index in [1.807, 2.05) is 0 Å². The SMILES string of the molecule is COC(=O)C1=C(C)NC(C)=C(C(=O)OC(C)C)C1c1cccc2nonc12.COC(=O)C1=C(C)NC(C)=C(C(=O)OC)C1c1ccccc1[N+](=O)[O-]. The van der Waals surface area contributed by atoms with Gasteiger partial charge in [0.05, 0.1) is 66.5 Å².